The van der Waals surface area contributed by atoms with E-state index in [1.165, 1.54) is 0 Å². The summed E-state index contributed by atoms with van der Waals surface area (Å²) in [6, 6.07) is 0. The highest BCUT2D eigenvalue weighted by Gasteiger charge is 2.88. The molecule has 0 heterocycles. The smallest absolute Gasteiger partial charge is 0.460 e. The number of rotatable bonds is 9. The van der Waals surface area contributed by atoms with Crippen molar-refractivity contribution in [2.24, 2.45) is 0 Å². The molecule has 0 aliphatic rings. The average Bonchev–Trinajstić information content (AvgIpc) is 2.41. The van der Waals surface area contributed by atoms with Gasteiger partial charge in [-0.3, -0.25) is 0 Å². The van der Waals surface area contributed by atoms with Crippen LogP contribution in [-0.4, -0.2) is 73.7 Å². The molecule has 15 heteroatoms. The highest BCUT2D eigenvalue weighted by Crippen LogP contribution is 2.58. The number of alkyl halides is 12. The Morgan fingerprint density at radius 3 is 1.59 bits per heavy atom. The molecule has 0 amide bonds. The standard InChI is InChI=1S/C12H13F12NO2/c1-25(2,5-7(26)27)4-3-6(13)8(14,15)9(16,17)10(18,19)11(20,21)12(22,23)24/h6H,3-5H2,1-2H3. The number of halogens is 12. The number of carbonyl (C=O) groups excluding carboxylic acids is 1. The molecule has 0 N–H and O–H groups in total. The van der Waals surface area contributed by atoms with Gasteiger partial charge in [-0.25, -0.2) is 4.39 Å². The van der Waals surface area contributed by atoms with Crippen LogP contribution in [0, 0.1) is 0 Å². The van der Waals surface area contributed by atoms with E-state index in [0.29, 0.717) is 0 Å². The van der Waals surface area contributed by atoms with Crippen molar-refractivity contribution >= 4 is 5.97 Å². The van der Waals surface area contributed by atoms with Gasteiger partial charge in [0.25, 0.3) is 0 Å². The number of likely N-dealkylation sites (N-methyl/N-ethyl adjacent to an activating group) is 1. The maximum absolute atomic E-state index is 13.5. The molecule has 1 atom stereocenters. The number of aliphatic carboxylic acids is 1. The second kappa shape index (κ2) is 7.20. The number of carbonyl (C=O) groups is 1. The Kier molecular flexibility index (Phi) is 6.83. The molecule has 162 valence electrons. The first-order chi connectivity index (χ1) is 11.5. The zero-order valence-electron chi connectivity index (χ0n) is 13.5. The van der Waals surface area contributed by atoms with Gasteiger partial charge in [0.15, 0.2) is 6.17 Å². The van der Waals surface area contributed by atoms with Crippen molar-refractivity contribution in [2.45, 2.75) is 42.5 Å². The van der Waals surface area contributed by atoms with E-state index < -0.39 is 66.0 Å². The number of carboxylic acids is 1. The SMILES string of the molecule is C[N+](C)(CCC(F)C(F)(F)C(F)(F)C(F)(F)C(F)(F)C(F)(F)F)CC(=O)[O-]. The molecule has 0 rings (SSSR count). The summed E-state index contributed by atoms with van der Waals surface area (Å²) >= 11 is 0. The Morgan fingerprint density at radius 2 is 1.26 bits per heavy atom. The van der Waals surface area contributed by atoms with Gasteiger partial charge in [-0.05, 0) is 0 Å². The summed E-state index contributed by atoms with van der Waals surface area (Å²) in [6.07, 6.45) is -13.4. The molecule has 0 aromatic heterocycles. The molecular formula is C12H13F12NO2. The van der Waals surface area contributed by atoms with Crippen molar-refractivity contribution in [3.8, 4) is 0 Å². The maximum Gasteiger partial charge on any atom is 0.460 e. The minimum Gasteiger partial charge on any atom is -0.544 e. The third kappa shape index (κ3) is 4.71. The van der Waals surface area contributed by atoms with Gasteiger partial charge in [-0.15, -0.1) is 0 Å². The van der Waals surface area contributed by atoms with Crippen molar-refractivity contribution in [3.05, 3.63) is 0 Å². The van der Waals surface area contributed by atoms with Gasteiger partial charge < -0.3 is 14.4 Å². The van der Waals surface area contributed by atoms with E-state index in [9.17, 15) is 62.6 Å². The number of quaternary nitrogens is 1. The third-order valence-corrected chi connectivity index (χ3v) is 3.50. The Bertz CT molecular complexity index is 543. The first-order valence-electron chi connectivity index (χ1n) is 6.78. The molecule has 3 nitrogen and oxygen atoms in total. The minimum atomic E-state index is -7.68. The molecule has 0 saturated carbocycles. The van der Waals surface area contributed by atoms with Crippen LogP contribution in [0.3, 0.4) is 0 Å². The van der Waals surface area contributed by atoms with Crippen LogP contribution < -0.4 is 5.11 Å². The van der Waals surface area contributed by atoms with Crippen LogP contribution in [-0.2, 0) is 4.79 Å². The highest BCUT2D eigenvalue weighted by atomic mass is 19.4. The summed E-state index contributed by atoms with van der Waals surface area (Å²) in [4.78, 5) is 10.4. The topological polar surface area (TPSA) is 40.1 Å². The number of hydrogen-bond donors (Lipinski definition) is 0. The van der Waals surface area contributed by atoms with E-state index in [4.69, 9.17) is 0 Å². The fourth-order valence-electron chi connectivity index (χ4n) is 1.85. The van der Waals surface area contributed by atoms with Gasteiger partial charge in [-0.2, -0.15) is 48.3 Å². The first-order valence-corrected chi connectivity index (χ1v) is 6.78. The van der Waals surface area contributed by atoms with E-state index in [1.807, 2.05) is 0 Å². The molecule has 1 unspecified atom stereocenters. The second-order valence-electron chi connectivity index (χ2n) is 6.29. The average molecular weight is 431 g/mol. The monoisotopic (exact) mass is 431 g/mol. The zero-order chi connectivity index (χ0) is 22.3. The van der Waals surface area contributed by atoms with Gasteiger partial charge in [0.1, 0.15) is 6.54 Å². The first kappa shape index (κ1) is 25.6. The Morgan fingerprint density at radius 1 is 0.852 bits per heavy atom. The lowest BCUT2D eigenvalue weighted by Gasteiger charge is -2.38. The fraction of sp³-hybridized carbons (Fsp3) is 0.917. The number of nitrogens with zero attached hydrogens (tertiary/aromatic N) is 1. The highest BCUT2D eigenvalue weighted by molar-refractivity contribution is 5.65. The number of hydrogen-bond acceptors (Lipinski definition) is 2. The third-order valence-electron chi connectivity index (χ3n) is 3.50. The zero-order valence-corrected chi connectivity index (χ0v) is 13.5. The largest absolute Gasteiger partial charge is 0.544 e. The van der Waals surface area contributed by atoms with Crippen molar-refractivity contribution < 1.29 is 67.1 Å². The summed E-state index contributed by atoms with van der Waals surface area (Å²) < 4.78 is 153. The summed E-state index contributed by atoms with van der Waals surface area (Å²) in [5.74, 6) is -31.1. The molecule has 27 heavy (non-hydrogen) atoms. The van der Waals surface area contributed by atoms with Crippen molar-refractivity contribution in [1.29, 1.82) is 0 Å². The van der Waals surface area contributed by atoms with Crippen LogP contribution in [0.4, 0.5) is 52.7 Å². The summed E-state index contributed by atoms with van der Waals surface area (Å²) in [7, 11) is 1.93. The van der Waals surface area contributed by atoms with Gasteiger partial charge in [0, 0.05) is 6.42 Å². The normalized spacial score (nSPS) is 16.4. The van der Waals surface area contributed by atoms with Crippen LogP contribution in [0.25, 0.3) is 0 Å². The van der Waals surface area contributed by atoms with Crippen LogP contribution in [0.15, 0.2) is 0 Å². The molecule has 0 aliphatic heterocycles. The lowest BCUT2D eigenvalue weighted by atomic mass is 9.94. The maximum atomic E-state index is 13.5. The molecule has 0 aromatic rings. The second-order valence-corrected chi connectivity index (χ2v) is 6.29. The van der Waals surface area contributed by atoms with E-state index >= 15 is 0 Å². The number of carboxylic acid groups (broad SMARTS) is 1. The molecule has 0 aliphatic carbocycles. The molecule has 0 saturated heterocycles. The molecular weight excluding hydrogens is 418 g/mol. The Labute approximate surface area is 144 Å². The van der Waals surface area contributed by atoms with Crippen molar-refractivity contribution in [3.63, 3.8) is 0 Å². The summed E-state index contributed by atoms with van der Waals surface area (Å²) in [5.41, 5.74) is 0. The van der Waals surface area contributed by atoms with Crippen molar-refractivity contribution in [2.75, 3.05) is 27.2 Å². The van der Waals surface area contributed by atoms with Crippen LogP contribution in [0.2, 0.25) is 0 Å². The Hall–Kier alpha value is -1.41. The Balaban J connectivity index is 5.68. The lowest BCUT2D eigenvalue weighted by molar-refractivity contribution is -0.885. The molecule has 0 aromatic carbocycles. The van der Waals surface area contributed by atoms with Gasteiger partial charge in [0.2, 0.25) is 0 Å². The predicted molar refractivity (Wildman–Crippen MR) is 62.2 cm³/mol. The fourth-order valence-corrected chi connectivity index (χ4v) is 1.85. The van der Waals surface area contributed by atoms with E-state index in [0.717, 1.165) is 14.1 Å². The molecule has 0 spiro atoms. The molecule has 0 radical (unpaired) electrons. The minimum absolute atomic E-state index is 0.862. The summed E-state index contributed by atoms with van der Waals surface area (Å²) in [6.45, 7) is -1.95. The molecule has 0 bridgehead atoms. The van der Waals surface area contributed by atoms with E-state index in [1.54, 1.807) is 0 Å². The van der Waals surface area contributed by atoms with Crippen LogP contribution >= 0.6 is 0 Å². The van der Waals surface area contributed by atoms with E-state index in [2.05, 4.69) is 0 Å². The predicted octanol–water partition coefficient (Wildman–Crippen LogP) is 2.64. The van der Waals surface area contributed by atoms with Gasteiger partial charge in [0.05, 0.1) is 26.6 Å². The van der Waals surface area contributed by atoms with Crippen molar-refractivity contribution in [1.82, 2.24) is 0 Å². The quantitative estimate of drug-likeness (QED) is 0.416. The van der Waals surface area contributed by atoms with Crippen LogP contribution in [0.1, 0.15) is 6.42 Å². The lowest BCUT2D eigenvalue weighted by Crippen LogP contribution is -2.68. The van der Waals surface area contributed by atoms with Crippen LogP contribution in [0.5, 0.6) is 0 Å². The molecule has 0 fully saturated rings. The van der Waals surface area contributed by atoms with Gasteiger partial charge >= 0.3 is 29.9 Å². The van der Waals surface area contributed by atoms with Gasteiger partial charge in [-0.1, -0.05) is 0 Å². The van der Waals surface area contributed by atoms with E-state index in [-0.39, 0.29) is 0 Å². The summed E-state index contributed by atoms with van der Waals surface area (Å²) in [5, 5.41) is 10.4.